The molecule has 0 radical (unpaired) electrons. The fraction of sp³-hybridized carbons (Fsp3) is 0. The lowest BCUT2D eigenvalue weighted by Crippen LogP contribution is -2.21. The van der Waals surface area contributed by atoms with E-state index in [4.69, 9.17) is 16.9 Å². The van der Waals surface area contributed by atoms with E-state index in [2.05, 4.69) is 20.4 Å². The second-order valence-electron chi connectivity index (χ2n) is 3.37. The third kappa shape index (κ3) is 1.11. The predicted octanol–water partition coefficient (Wildman–Crippen LogP) is -1.64. The molecular formula is C7H7N9O. The molecule has 0 aliphatic heterocycles. The van der Waals surface area contributed by atoms with Gasteiger partial charge in [0.1, 0.15) is 17.0 Å². The summed E-state index contributed by atoms with van der Waals surface area (Å²) in [6, 6.07) is 1.43. The van der Waals surface area contributed by atoms with Crippen LogP contribution in [-0.2, 0) is 0 Å². The normalized spacial score (nSPS) is 11.3. The number of nitrogens with two attached hydrogens (primary N) is 2. The minimum absolute atomic E-state index is 0.158. The van der Waals surface area contributed by atoms with E-state index in [1.807, 2.05) is 0 Å². The minimum atomic E-state index is -0.289. The number of hydrogen-bond donors (Lipinski definition) is 4. The molecular weight excluding hydrogens is 226 g/mol. The summed E-state index contributed by atoms with van der Waals surface area (Å²) < 4.78 is 1.29. The van der Waals surface area contributed by atoms with Gasteiger partial charge in [0.2, 0.25) is 5.65 Å². The van der Waals surface area contributed by atoms with Crippen molar-refractivity contribution >= 4 is 28.3 Å². The van der Waals surface area contributed by atoms with Gasteiger partial charge in [0.05, 0.1) is 0 Å². The van der Waals surface area contributed by atoms with Crippen LogP contribution in [0.25, 0.3) is 16.7 Å². The number of nitrogens with zero attached hydrogens (tertiary/aromatic N) is 6. The molecule has 10 nitrogen and oxygen atoms in total. The summed E-state index contributed by atoms with van der Waals surface area (Å²) in [6.45, 7) is 0. The smallest absolute Gasteiger partial charge is 0.211 e. The molecule has 0 aliphatic carbocycles. The molecule has 0 spiro atoms. The summed E-state index contributed by atoms with van der Waals surface area (Å²) in [5.41, 5.74) is 11.4. The van der Waals surface area contributed by atoms with Gasteiger partial charge in [-0.1, -0.05) is 4.85 Å². The Hall–Kier alpha value is -2.91. The average Bonchev–Trinajstić information content (AvgIpc) is 2.63. The molecule has 0 aromatic carbocycles. The highest BCUT2D eigenvalue weighted by Gasteiger charge is 2.14. The van der Waals surface area contributed by atoms with E-state index in [1.54, 1.807) is 0 Å². The Morgan fingerprint density at radius 3 is 2.88 bits per heavy atom. The first kappa shape index (κ1) is 9.33. The van der Waals surface area contributed by atoms with Crippen LogP contribution in [0.5, 0.6) is 0 Å². The van der Waals surface area contributed by atoms with Crippen molar-refractivity contribution in [2.24, 2.45) is 0 Å². The van der Waals surface area contributed by atoms with Crippen molar-refractivity contribution in [3.63, 3.8) is 0 Å². The van der Waals surface area contributed by atoms with Crippen molar-refractivity contribution in [2.75, 3.05) is 11.5 Å². The number of nitrogens with one attached hydrogen (secondary N) is 1. The van der Waals surface area contributed by atoms with Gasteiger partial charge in [-0.05, 0) is 5.21 Å². The predicted molar refractivity (Wildman–Crippen MR) is 55.9 cm³/mol. The van der Waals surface area contributed by atoms with Gasteiger partial charge in [-0.15, -0.1) is 10.2 Å². The third-order valence-electron chi connectivity index (χ3n) is 2.28. The van der Waals surface area contributed by atoms with E-state index in [0.29, 0.717) is 4.85 Å². The van der Waals surface area contributed by atoms with E-state index in [-0.39, 0.29) is 33.8 Å². The molecule has 0 unspecified atom stereocenters. The first-order chi connectivity index (χ1) is 8.08. The summed E-state index contributed by atoms with van der Waals surface area (Å²) in [5, 5.41) is 28.1. The summed E-state index contributed by atoms with van der Waals surface area (Å²) >= 11 is 0. The van der Waals surface area contributed by atoms with Crippen LogP contribution in [0.2, 0.25) is 0 Å². The summed E-state index contributed by atoms with van der Waals surface area (Å²) in [6.07, 6.45) is 0. The van der Waals surface area contributed by atoms with Crippen LogP contribution in [0.4, 0.5) is 11.6 Å². The SMILES string of the molecule is N=c1c2c(nnn1O)nn1c(N)cc(N)nc21. The van der Waals surface area contributed by atoms with Crippen molar-refractivity contribution in [1.29, 1.82) is 5.41 Å². The lowest BCUT2D eigenvalue weighted by Gasteiger charge is -1.99. The molecule has 0 saturated heterocycles. The Morgan fingerprint density at radius 1 is 1.35 bits per heavy atom. The summed E-state index contributed by atoms with van der Waals surface area (Å²) in [4.78, 5) is 4.34. The zero-order chi connectivity index (χ0) is 12.2. The summed E-state index contributed by atoms with van der Waals surface area (Å²) in [7, 11) is 0. The Morgan fingerprint density at radius 2 is 2.12 bits per heavy atom. The van der Waals surface area contributed by atoms with Gasteiger partial charge in [0, 0.05) is 6.07 Å². The minimum Gasteiger partial charge on any atom is -0.409 e. The van der Waals surface area contributed by atoms with Crippen molar-refractivity contribution in [3.05, 3.63) is 11.6 Å². The van der Waals surface area contributed by atoms with Crippen molar-refractivity contribution in [1.82, 2.24) is 29.8 Å². The Bertz CT molecular complexity index is 800. The highest BCUT2D eigenvalue weighted by atomic mass is 16.5. The molecule has 0 bridgehead atoms. The zero-order valence-corrected chi connectivity index (χ0v) is 8.36. The van der Waals surface area contributed by atoms with E-state index in [1.165, 1.54) is 10.6 Å². The summed E-state index contributed by atoms with van der Waals surface area (Å²) in [5.74, 6) is 0.451. The van der Waals surface area contributed by atoms with Gasteiger partial charge >= 0.3 is 0 Å². The molecule has 3 heterocycles. The Balaban J connectivity index is 2.67. The second kappa shape index (κ2) is 2.81. The largest absolute Gasteiger partial charge is 0.409 e. The Kier molecular flexibility index (Phi) is 1.54. The second-order valence-corrected chi connectivity index (χ2v) is 3.37. The first-order valence-corrected chi connectivity index (χ1v) is 4.52. The lowest BCUT2D eigenvalue weighted by atomic mass is 10.4. The van der Waals surface area contributed by atoms with Crippen LogP contribution in [0, 0.1) is 5.41 Å². The molecule has 0 aliphatic rings. The maximum Gasteiger partial charge on any atom is 0.211 e. The van der Waals surface area contributed by atoms with Crippen molar-refractivity contribution in [2.45, 2.75) is 0 Å². The van der Waals surface area contributed by atoms with Gasteiger partial charge < -0.3 is 16.7 Å². The van der Waals surface area contributed by atoms with Gasteiger partial charge in [-0.3, -0.25) is 5.41 Å². The number of nitrogen functional groups attached to an aromatic ring is 2. The molecule has 0 saturated carbocycles. The fourth-order valence-corrected chi connectivity index (χ4v) is 1.56. The van der Waals surface area contributed by atoms with Crippen LogP contribution in [0.1, 0.15) is 0 Å². The molecule has 86 valence electrons. The quantitative estimate of drug-likeness (QED) is 0.339. The fourth-order valence-electron chi connectivity index (χ4n) is 1.56. The van der Waals surface area contributed by atoms with Crippen LogP contribution in [0.15, 0.2) is 6.07 Å². The molecule has 3 aromatic rings. The molecule has 3 aromatic heterocycles. The maximum atomic E-state index is 9.26. The van der Waals surface area contributed by atoms with E-state index in [9.17, 15) is 5.21 Å². The van der Waals surface area contributed by atoms with E-state index < -0.39 is 0 Å². The molecule has 0 amide bonds. The maximum absolute atomic E-state index is 9.26. The van der Waals surface area contributed by atoms with Gasteiger partial charge in [0.25, 0.3) is 0 Å². The molecule has 0 fully saturated rings. The standard InChI is InChI=1S/C7H7N9O/c8-2-1-3(9)15-7(11-2)4-5(10)16(17)14-12-6(4)13-15/h1,10,17H,9H2,(H2,8,11). The highest BCUT2D eigenvalue weighted by molar-refractivity contribution is 5.89. The third-order valence-corrected chi connectivity index (χ3v) is 2.28. The van der Waals surface area contributed by atoms with Crippen LogP contribution in [0.3, 0.4) is 0 Å². The van der Waals surface area contributed by atoms with Gasteiger partial charge in [-0.2, -0.15) is 4.52 Å². The highest BCUT2D eigenvalue weighted by Crippen LogP contribution is 2.16. The number of hydrogen-bond acceptors (Lipinski definition) is 8. The van der Waals surface area contributed by atoms with Gasteiger partial charge in [-0.25, -0.2) is 4.98 Å². The van der Waals surface area contributed by atoms with Crippen LogP contribution in [-0.4, -0.2) is 35.0 Å². The topological polar surface area (TPSA) is 157 Å². The molecule has 17 heavy (non-hydrogen) atoms. The number of rotatable bonds is 0. The molecule has 0 atom stereocenters. The number of aromatic nitrogens is 6. The van der Waals surface area contributed by atoms with E-state index >= 15 is 0 Å². The zero-order valence-electron chi connectivity index (χ0n) is 8.36. The molecule has 10 heteroatoms. The molecule has 6 N–H and O–H groups in total. The lowest BCUT2D eigenvalue weighted by molar-refractivity contribution is 0.123. The van der Waals surface area contributed by atoms with Crippen molar-refractivity contribution in [3.8, 4) is 0 Å². The molecule has 3 rings (SSSR count). The Labute approximate surface area is 92.6 Å². The van der Waals surface area contributed by atoms with Crippen LogP contribution < -0.4 is 17.0 Å². The van der Waals surface area contributed by atoms with Gasteiger partial charge in [0.15, 0.2) is 11.1 Å². The first-order valence-electron chi connectivity index (χ1n) is 4.52. The van der Waals surface area contributed by atoms with E-state index in [0.717, 1.165) is 0 Å². The number of anilines is 2. The van der Waals surface area contributed by atoms with Crippen LogP contribution >= 0.6 is 0 Å². The monoisotopic (exact) mass is 233 g/mol. The number of fused-ring (bicyclic) bond motifs is 3. The van der Waals surface area contributed by atoms with Crippen molar-refractivity contribution < 1.29 is 5.21 Å². The average molecular weight is 233 g/mol.